The van der Waals surface area contributed by atoms with E-state index in [2.05, 4.69) is 292 Å². The lowest BCUT2D eigenvalue weighted by Gasteiger charge is -2.30. The van der Waals surface area contributed by atoms with Crippen molar-refractivity contribution in [2.24, 2.45) is 0 Å². The highest BCUT2D eigenvalue weighted by molar-refractivity contribution is 6.07. The maximum absolute atomic E-state index is 2.47. The number of fused-ring (bicyclic) bond motifs is 10. The standard InChI is InChI=1S/C72H54N2/c1-71(2)63-43-47(35-39-59(63)61-41-37-53(45-65(61)71)73(67-29-13-21-49-17-5-9-25-55(49)67)68-30-14-22-50-18-6-10-26-56(50)68)33-34-48-36-40-60-62-42-38-54(46-66(62)72(3,4)64(60)44-48)74(69-31-15-23-51-19-7-11-27-57(51)69)70-32-16-24-52-20-8-12-28-58(52)70/h5-46H,1-4H3. The summed E-state index contributed by atoms with van der Waals surface area (Å²) in [6, 6.07) is 90.0. The van der Waals surface area contributed by atoms with Crippen LogP contribution in [0.5, 0.6) is 0 Å². The molecule has 0 heterocycles. The van der Waals surface area contributed by atoms with Crippen LogP contribution in [0, 0.1) is 0 Å². The van der Waals surface area contributed by atoms with Crippen LogP contribution in [0.25, 0.3) is 77.5 Å². The topological polar surface area (TPSA) is 6.48 Å². The molecule has 12 aromatic rings. The fourth-order valence-corrected chi connectivity index (χ4v) is 12.6. The van der Waals surface area contributed by atoms with Gasteiger partial charge in [-0.2, -0.15) is 0 Å². The first-order valence-electron chi connectivity index (χ1n) is 26.0. The summed E-state index contributed by atoms with van der Waals surface area (Å²) in [5.74, 6) is 0. The van der Waals surface area contributed by atoms with Gasteiger partial charge in [0.05, 0.1) is 22.7 Å². The van der Waals surface area contributed by atoms with Crippen LogP contribution >= 0.6 is 0 Å². The Morgan fingerprint density at radius 1 is 0.270 bits per heavy atom. The smallest absolute Gasteiger partial charge is 0.0540 e. The van der Waals surface area contributed by atoms with Crippen LogP contribution in [0.4, 0.5) is 34.1 Å². The van der Waals surface area contributed by atoms with E-state index in [9.17, 15) is 0 Å². The number of rotatable bonds is 8. The van der Waals surface area contributed by atoms with Crippen LogP contribution in [0.15, 0.2) is 243 Å². The Labute approximate surface area is 433 Å². The van der Waals surface area contributed by atoms with Crippen molar-refractivity contribution < 1.29 is 0 Å². The van der Waals surface area contributed by atoms with Crippen LogP contribution in [-0.2, 0) is 10.8 Å². The first kappa shape index (κ1) is 43.8. The van der Waals surface area contributed by atoms with E-state index in [0.717, 1.165) is 11.4 Å². The van der Waals surface area contributed by atoms with E-state index < -0.39 is 0 Å². The molecule has 2 aliphatic rings. The summed E-state index contributed by atoms with van der Waals surface area (Å²) < 4.78 is 0. The molecule has 0 unspecified atom stereocenters. The van der Waals surface area contributed by atoms with Gasteiger partial charge in [0.15, 0.2) is 0 Å². The van der Waals surface area contributed by atoms with Crippen LogP contribution in [0.2, 0.25) is 0 Å². The van der Waals surface area contributed by atoms with Gasteiger partial charge in [0.25, 0.3) is 0 Å². The first-order chi connectivity index (χ1) is 36.2. The van der Waals surface area contributed by atoms with Crippen molar-refractivity contribution in [2.75, 3.05) is 9.80 Å². The molecule has 0 amide bonds. The predicted octanol–water partition coefficient (Wildman–Crippen LogP) is 20.0. The molecular formula is C72H54N2. The minimum absolute atomic E-state index is 0.216. The molecule has 2 nitrogen and oxygen atoms in total. The molecule has 74 heavy (non-hydrogen) atoms. The summed E-state index contributed by atoms with van der Waals surface area (Å²) in [5.41, 5.74) is 19.6. The van der Waals surface area contributed by atoms with E-state index in [1.165, 1.54) is 121 Å². The zero-order valence-corrected chi connectivity index (χ0v) is 42.1. The number of hydrogen-bond acceptors (Lipinski definition) is 2. The minimum atomic E-state index is -0.216. The van der Waals surface area contributed by atoms with Gasteiger partial charge in [-0.3, -0.25) is 0 Å². The Morgan fingerprint density at radius 2 is 0.541 bits per heavy atom. The molecule has 0 atom stereocenters. The number of nitrogens with zero attached hydrogens (tertiary/aromatic N) is 2. The fraction of sp³-hybridized carbons (Fsp3) is 0.0833. The second-order valence-electron chi connectivity index (χ2n) is 21.3. The van der Waals surface area contributed by atoms with Crippen molar-refractivity contribution in [1.82, 2.24) is 0 Å². The fourth-order valence-electron chi connectivity index (χ4n) is 12.6. The zero-order valence-electron chi connectivity index (χ0n) is 42.1. The summed E-state index contributed by atoms with van der Waals surface area (Å²) >= 11 is 0. The second-order valence-corrected chi connectivity index (χ2v) is 21.3. The lowest BCUT2D eigenvalue weighted by molar-refractivity contribution is 0.660. The molecule has 0 bridgehead atoms. The molecule has 0 spiro atoms. The van der Waals surface area contributed by atoms with E-state index in [0.29, 0.717) is 0 Å². The average Bonchev–Trinajstić information content (AvgIpc) is 3.81. The first-order valence-corrected chi connectivity index (χ1v) is 26.0. The molecule has 0 saturated carbocycles. The molecule has 2 aliphatic carbocycles. The van der Waals surface area contributed by atoms with Crippen molar-refractivity contribution in [1.29, 1.82) is 0 Å². The summed E-state index contributed by atoms with van der Waals surface area (Å²) in [6.45, 7) is 9.57. The Balaban J connectivity index is 0.794. The van der Waals surface area contributed by atoms with Gasteiger partial charge in [-0.15, -0.1) is 0 Å². The summed E-state index contributed by atoms with van der Waals surface area (Å²) in [4.78, 5) is 4.95. The predicted molar refractivity (Wildman–Crippen MR) is 316 cm³/mol. The Morgan fingerprint density at radius 3 is 0.865 bits per heavy atom. The highest BCUT2D eigenvalue weighted by Gasteiger charge is 2.38. The highest BCUT2D eigenvalue weighted by atomic mass is 15.2. The van der Waals surface area contributed by atoms with E-state index in [1.807, 2.05) is 0 Å². The summed E-state index contributed by atoms with van der Waals surface area (Å²) in [6.07, 6.45) is 4.60. The summed E-state index contributed by atoms with van der Waals surface area (Å²) in [5, 5.41) is 9.81. The molecule has 12 aromatic carbocycles. The van der Waals surface area contributed by atoms with Gasteiger partial charge in [-0.25, -0.2) is 0 Å². The number of anilines is 6. The average molecular weight is 947 g/mol. The van der Waals surface area contributed by atoms with Crippen LogP contribution in [-0.4, -0.2) is 0 Å². The second kappa shape index (κ2) is 16.8. The van der Waals surface area contributed by atoms with Gasteiger partial charge < -0.3 is 9.80 Å². The third kappa shape index (κ3) is 6.86. The number of benzene rings is 12. The van der Waals surface area contributed by atoms with Gasteiger partial charge in [0.2, 0.25) is 0 Å². The Kier molecular flexibility index (Phi) is 9.94. The normalized spacial score (nSPS) is 13.8. The van der Waals surface area contributed by atoms with Crippen molar-refractivity contribution >= 4 is 89.4 Å². The third-order valence-electron chi connectivity index (χ3n) is 16.4. The maximum Gasteiger partial charge on any atom is 0.0540 e. The molecule has 0 fully saturated rings. The molecule has 352 valence electrons. The quantitative estimate of drug-likeness (QED) is 0.140. The molecule has 0 N–H and O–H groups in total. The molecule has 2 heteroatoms. The SMILES string of the molecule is CC1(C)c2cc(C=Cc3ccc4c(c3)C(C)(C)c3cc(N(c5cccc6ccccc56)c5cccc6ccccc56)ccc3-4)ccc2-c2ccc(N(c3cccc4ccccc34)c3cccc4ccccc34)cc21. The Hall–Kier alpha value is -8.98. The molecule has 0 aromatic heterocycles. The van der Waals surface area contributed by atoms with Gasteiger partial charge in [0, 0.05) is 43.7 Å². The lowest BCUT2D eigenvalue weighted by Crippen LogP contribution is -2.17. The molecule has 0 aliphatic heterocycles. The summed E-state index contributed by atoms with van der Waals surface area (Å²) in [7, 11) is 0. The molecule has 14 rings (SSSR count). The van der Waals surface area contributed by atoms with E-state index in [-0.39, 0.29) is 10.8 Å². The molecular weight excluding hydrogens is 893 g/mol. The van der Waals surface area contributed by atoms with E-state index in [1.54, 1.807) is 0 Å². The third-order valence-corrected chi connectivity index (χ3v) is 16.4. The minimum Gasteiger partial charge on any atom is -0.309 e. The van der Waals surface area contributed by atoms with Crippen molar-refractivity contribution in [3.8, 4) is 22.3 Å². The Bertz CT molecular complexity index is 3830. The monoisotopic (exact) mass is 946 g/mol. The molecule has 0 saturated heterocycles. The van der Waals surface area contributed by atoms with Crippen LogP contribution < -0.4 is 9.80 Å². The molecule has 0 radical (unpaired) electrons. The van der Waals surface area contributed by atoms with Gasteiger partial charge in [0.1, 0.15) is 0 Å². The van der Waals surface area contributed by atoms with E-state index in [4.69, 9.17) is 0 Å². The van der Waals surface area contributed by atoms with E-state index >= 15 is 0 Å². The van der Waals surface area contributed by atoms with Crippen LogP contribution in [0.3, 0.4) is 0 Å². The van der Waals surface area contributed by atoms with Crippen molar-refractivity contribution in [3.63, 3.8) is 0 Å². The van der Waals surface area contributed by atoms with Crippen molar-refractivity contribution in [2.45, 2.75) is 38.5 Å². The number of hydrogen-bond donors (Lipinski definition) is 0. The van der Waals surface area contributed by atoms with Crippen molar-refractivity contribution in [3.05, 3.63) is 276 Å². The van der Waals surface area contributed by atoms with Gasteiger partial charge >= 0.3 is 0 Å². The zero-order chi connectivity index (χ0) is 49.7. The van der Waals surface area contributed by atoms with Crippen LogP contribution in [0.1, 0.15) is 61.1 Å². The lowest BCUT2D eigenvalue weighted by atomic mass is 9.81. The largest absolute Gasteiger partial charge is 0.309 e. The highest BCUT2D eigenvalue weighted by Crippen LogP contribution is 2.54. The van der Waals surface area contributed by atoms with Gasteiger partial charge in [-0.1, -0.05) is 234 Å². The van der Waals surface area contributed by atoms with Gasteiger partial charge in [-0.05, 0) is 126 Å². The maximum atomic E-state index is 2.47.